The van der Waals surface area contributed by atoms with Gasteiger partial charge in [0, 0.05) is 12.2 Å². The molecule has 0 atom stereocenters. The molecule has 0 radical (unpaired) electrons. The first-order valence-electron chi connectivity index (χ1n) is 6.91. The standard InChI is InChI=1S/C17H17N3O2/c18-10-9-13-5-7-16(8-6-13)20-17(22)19-11-14-3-1-2-4-15(14)12-21/h1-8,21H,9,11-12H2,(H2,19,20,22). The summed E-state index contributed by atoms with van der Waals surface area (Å²) >= 11 is 0. The lowest BCUT2D eigenvalue weighted by Crippen LogP contribution is -2.28. The molecule has 5 heteroatoms. The van der Waals surface area contributed by atoms with E-state index in [0.29, 0.717) is 18.7 Å². The lowest BCUT2D eigenvalue weighted by Gasteiger charge is -2.10. The highest BCUT2D eigenvalue weighted by atomic mass is 16.3. The van der Waals surface area contributed by atoms with E-state index >= 15 is 0 Å². The van der Waals surface area contributed by atoms with E-state index in [9.17, 15) is 9.90 Å². The lowest BCUT2D eigenvalue weighted by atomic mass is 10.1. The number of carbonyl (C=O) groups is 1. The number of urea groups is 1. The van der Waals surface area contributed by atoms with Gasteiger partial charge in [-0.15, -0.1) is 0 Å². The maximum Gasteiger partial charge on any atom is 0.319 e. The summed E-state index contributed by atoms with van der Waals surface area (Å²) in [6.45, 7) is 0.287. The summed E-state index contributed by atoms with van der Waals surface area (Å²) in [4.78, 5) is 11.9. The molecule has 22 heavy (non-hydrogen) atoms. The number of hydrogen-bond donors (Lipinski definition) is 3. The molecule has 0 aliphatic heterocycles. The van der Waals surface area contributed by atoms with Crippen molar-refractivity contribution in [2.45, 2.75) is 19.6 Å². The molecule has 0 bridgehead atoms. The van der Waals surface area contributed by atoms with Gasteiger partial charge in [-0.05, 0) is 28.8 Å². The van der Waals surface area contributed by atoms with Crippen molar-refractivity contribution in [2.24, 2.45) is 0 Å². The first-order chi connectivity index (χ1) is 10.7. The third-order valence-corrected chi connectivity index (χ3v) is 3.22. The summed E-state index contributed by atoms with van der Waals surface area (Å²) in [5, 5.41) is 23.3. The average molecular weight is 295 g/mol. The van der Waals surface area contributed by atoms with E-state index in [1.807, 2.05) is 24.3 Å². The molecule has 0 heterocycles. The molecule has 0 aliphatic rings. The van der Waals surface area contributed by atoms with Gasteiger partial charge in [0.1, 0.15) is 0 Å². The van der Waals surface area contributed by atoms with Gasteiger partial charge in [-0.3, -0.25) is 0 Å². The van der Waals surface area contributed by atoms with Crippen LogP contribution >= 0.6 is 0 Å². The van der Waals surface area contributed by atoms with Crippen molar-refractivity contribution < 1.29 is 9.90 Å². The Hall–Kier alpha value is -2.84. The van der Waals surface area contributed by atoms with Crippen LogP contribution in [-0.4, -0.2) is 11.1 Å². The van der Waals surface area contributed by atoms with E-state index in [-0.39, 0.29) is 12.6 Å². The molecule has 0 saturated carbocycles. The third-order valence-electron chi connectivity index (χ3n) is 3.22. The maximum absolute atomic E-state index is 11.9. The molecule has 2 aromatic rings. The Morgan fingerprint density at radius 3 is 2.41 bits per heavy atom. The van der Waals surface area contributed by atoms with Crippen molar-refractivity contribution in [3.63, 3.8) is 0 Å². The second-order valence-corrected chi connectivity index (χ2v) is 4.77. The van der Waals surface area contributed by atoms with Crippen LogP contribution in [0.3, 0.4) is 0 Å². The van der Waals surface area contributed by atoms with Crippen LogP contribution in [0.2, 0.25) is 0 Å². The van der Waals surface area contributed by atoms with Gasteiger partial charge in [-0.1, -0.05) is 36.4 Å². The van der Waals surface area contributed by atoms with Gasteiger partial charge < -0.3 is 15.7 Å². The van der Waals surface area contributed by atoms with Gasteiger partial charge in [0.25, 0.3) is 0 Å². The molecular formula is C17H17N3O2. The van der Waals surface area contributed by atoms with Crippen LogP contribution in [0.15, 0.2) is 48.5 Å². The predicted octanol–water partition coefficient (Wildman–Crippen LogP) is 2.57. The summed E-state index contributed by atoms with van der Waals surface area (Å²) in [5.74, 6) is 0. The predicted molar refractivity (Wildman–Crippen MR) is 84.0 cm³/mol. The summed E-state index contributed by atoms with van der Waals surface area (Å²) in [6.07, 6.45) is 0.352. The molecule has 0 aromatic heterocycles. The van der Waals surface area contributed by atoms with Crippen molar-refractivity contribution in [2.75, 3.05) is 5.32 Å². The second kappa shape index (κ2) is 7.81. The Bertz CT molecular complexity index is 675. The monoisotopic (exact) mass is 295 g/mol. The number of nitrogens with zero attached hydrogens (tertiary/aromatic N) is 1. The average Bonchev–Trinajstić information content (AvgIpc) is 2.55. The lowest BCUT2D eigenvalue weighted by molar-refractivity contribution is 0.251. The first-order valence-corrected chi connectivity index (χ1v) is 6.91. The molecule has 0 unspecified atom stereocenters. The second-order valence-electron chi connectivity index (χ2n) is 4.77. The van der Waals surface area contributed by atoms with Crippen molar-refractivity contribution in [3.8, 4) is 6.07 Å². The van der Waals surface area contributed by atoms with Crippen LogP contribution in [0.25, 0.3) is 0 Å². The van der Waals surface area contributed by atoms with Gasteiger partial charge in [0.15, 0.2) is 0 Å². The molecule has 112 valence electrons. The van der Waals surface area contributed by atoms with Crippen molar-refractivity contribution in [1.82, 2.24) is 5.32 Å². The molecule has 2 amide bonds. The highest BCUT2D eigenvalue weighted by Crippen LogP contribution is 2.11. The quantitative estimate of drug-likeness (QED) is 0.792. The molecule has 0 aliphatic carbocycles. The van der Waals surface area contributed by atoms with Crippen LogP contribution in [0.5, 0.6) is 0 Å². The van der Waals surface area contributed by atoms with Crippen LogP contribution in [0.1, 0.15) is 16.7 Å². The van der Waals surface area contributed by atoms with E-state index in [4.69, 9.17) is 5.26 Å². The number of aliphatic hydroxyl groups excluding tert-OH is 1. The minimum atomic E-state index is -0.319. The summed E-state index contributed by atoms with van der Waals surface area (Å²) in [6, 6.07) is 16.3. The Kier molecular flexibility index (Phi) is 5.52. The van der Waals surface area contributed by atoms with Crippen molar-refractivity contribution in [3.05, 3.63) is 65.2 Å². The van der Waals surface area contributed by atoms with E-state index in [1.165, 1.54) is 0 Å². The zero-order valence-electron chi connectivity index (χ0n) is 12.0. The molecular weight excluding hydrogens is 278 g/mol. The number of hydrogen-bond acceptors (Lipinski definition) is 3. The van der Waals surface area contributed by atoms with Crippen LogP contribution in [0, 0.1) is 11.3 Å². The molecule has 0 saturated heterocycles. The Balaban J connectivity index is 1.89. The Morgan fingerprint density at radius 2 is 1.77 bits per heavy atom. The largest absolute Gasteiger partial charge is 0.392 e. The van der Waals surface area contributed by atoms with Crippen LogP contribution in [0.4, 0.5) is 10.5 Å². The minimum absolute atomic E-state index is 0.0557. The van der Waals surface area contributed by atoms with Gasteiger partial charge in [-0.2, -0.15) is 5.26 Å². The van der Waals surface area contributed by atoms with Crippen molar-refractivity contribution >= 4 is 11.7 Å². The number of rotatable bonds is 5. The Labute approximate surface area is 129 Å². The number of amides is 2. The summed E-state index contributed by atoms with van der Waals surface area (Å²) < 4.78 is 0. The highest BCUT2D eigenvalue weighted by Gasteiger charge is 2.04. The smallest absolute Gasteiger partial charge is 0.319 e. The van der Waals surface area contributed by atoms with Crippen molar-refractivity contribution in [1.29, 1.82) is 5.26 Å². The van der Waals surface area contributed by atoms with E-state index in [1.54, 1.807) is 24.3 Å². The van der Waals surface area contributed by atoms with E-state index in [2.05, 4.69) is 16.7 Å². The van der Waals surface area contributed by atoms with E-state index < -0.39 is 0 Å². The fourth-order valence-electron chi connectivity index (χ4n) is 2.03. The maximum atomic E-state index is 11.9. The number of aliphatic hydroxyl groups is 1. The number of anilines is 1. The topological polar surface area (TPSA) is 85.2 Å². The number of nitriles is 1. The molecule has 2 rings (SSSR count). The first kappa shape index (κ1) is 15.5. The molecule has 2 aromatic carbocycles. The van der Waals surface area contributed by atoms with Gasteiger partial charge in [0.05, 0.1) is 19.1 Å². The fourth-order valence-corrected chi connectivity index (χ4v) is 2.03. The summed E-state index contributed by atoms with van der Waals surface area (Å²) in [7, 11) is 0. The van der Waals surface area contributed by atoms with Gasteiger partial charge in [0.2, 0.25) is 0 Å². The zero-order chi connectivity index (χ0) is 15.8. The zero-order valence-corrected chi connectivity index (χ0v) is 12.0. The number of benzene rings is 2. The third kappa shape index (κ3) is 4.33. The normalized spacial score (nSPS) is 9.82. The van der Waals surface area contributed by atoms with Gasteiger partial charge >= 0.3 is 6.03 Å². The van der Waals surface area contributed by atoms with Crippen LogP contribution < -0.4 is 10.6 Å². The highest BCUT2D eigenvalue weighted by molar-refractivity contribution is 5.89. The molecule has 0 spiro atoms. The minimum Gasteiger partial charge on any atom is -0.392 e. The number of nitrogens with one attached hydrogen (secondary N) is 2. The Morgan fingerprint density at radius 1 is 1.09 bits per heavy atom. The fraction of sp³-hybridized carbons (Fsp3) is 0.176. The SMILES string of the molecule is N#CCc1ccc(NC(=O)NCc2ccccc2CO)cc1. The molecule has 0 fully saturated rings. The number of carbonyl (C=O) groups excluding carboxylic acids is 1. The summed E-state index contributed by atoms with van der Waals surface area (Å²) in [5.41, 5.74) is 3.24. The van der Waals surface area contributed by atoms with Gasteiger partial charge in [-0.25, -0.2) is 4.79 Å². The molecule has 5 nitrogen and oxygen atoms in total. The van der Waals surface area contributed by atoms with E-state index in [0.717, 1.165) is 16.7 Å². The van der Waals surface area contributed by atoms with Crippen LogP contribution in [-0.2, 0) is 19.6 Å². The molecule has 3 N–H and O–H groups in total.